The van der Waals surface area contributed by atoms with Gasteiger partial charge in [0.1, 0.15) is 0 Å². The van der Waals surface area contributed by atoms with Gasteiger partial charge in [-0.05, 0) is 61.4 Å². The van der Waals surface area contributed by atoms with E-state index in [0.717, 1.165) is 35.3 Å². The first-order chi connectivity index (χ1) is 13.1. The van der Waals surface area contributed by atoms with E-state index in [0.29, 0.717) is 5.92 Å². The average Bonchev–Trinajstić information content (AvgIpc) is 2.97. The fraction of sp³-hybridized carbons (Fsp3) is 0.727. The van der Waals surface area contributed by atoms with Crippen LogP contribution in [0.3, 0.4) is 0 Å². The van der Waals surface area contributed by atoms with Gasteiger partial charge in [0, 0.05) is 5.38 Å². The summed E-state index contributed by atoms with van der Waals surface area (Å²) in [4.78, 5) is 16.8. The Hall–Kier alpha value is -0.983. The molecule has 1 aliphatic rings. The summed E-state index contributed by atoms with van der Waals surface area (Å²) in [6, 6.07) is 3.36. The van der Waals surface area contributed by atoms with E-state index >= 15 is 0 Å². The minimum absolute atomic E-state index is 0.0267. The van der Waals surface area contributed by atoms with Crippen LogP contribution in [-0.2, 0) is 14.0 Å². The summed E-state index contributed by atoms with van der Waals surface area (Å²) >= 11 is 1.67. The van der Waals surface area contributed by atoms with Gasteiger partial charge < -0.3 is 9.16 Å². The highest BCUT2D eigenvalue weighted by Crippen LogP contribution is 2.61. The Morgan fingerprint density at radius 3 is 2.39 bits per heavy atom. The van der Waals surface area contributed by atoms with Gasteiger partial charge in [-0.1, -0.05) is 34.6 Å². The van der Waals surface area contributed by atoms with Crippen molar-refractivity contribution in [1.29, 1.82) is 0 Å². The molecule has 0 amide bonds. The predicted molar refractivity (Wildman–Crippen MR) is 120 cm³/mol. The van der Waals surface area contributed by atoms with E-state index in [1.807, 2.05) is 6.92 Å². The molecule has 1 aromatic heterocycles. The molecule has 0 saturated heterocycles. The normalized spacial score (nSPS) is 22.8. The van der Waals surface area contributed by atoms with E-state index in [9.17, 15) is 4.79 Å². The molecule has 3 atom stereocenters. The Balaban J connectivity index is 2.28. The molecular formula is C22H37NO3SSi. The Morgan fingerprint density at radius 2 is 1.93 bits per heavy atom. The number of thiazole rings is 1. The molecule has 0 radical (unpaired) electrons. The maximum absolute atomic E-state index is 12.2. The molecule has 1 aliphatic carbocycles. The van der Waals surface area contributed by atoms with Crippen LogP contribution < -0.4 is 0 Å². The minimum Gasteiger partial charge on any atom is -0.469 e. The van der Waals surface area contributed by atoms with Gasteiger partial charge in [-0.2, -0.15) is 0 Å². The number of hydrogen-bond donors (Lipinski definition) is 0. The molecule has 0 bridgehead atoms. The lowest BCUT2D eigenvalue weighted by Crippen LogP contribution is -2.40. The van der Waals surface area contributed by atoms with Crippen molar-refractivity contribution in [2.75, 3.05) is 7.11 Å². The molecule has 6 heteroatoms. The molecular weight excluding hydrogens is 386 g/mol. The number of nitrogens with zero attached hydrogens (tertiary/aromatic N) is 1. The SMILES string of the molecule is CC[Si](CC)(CC)O[C@H](C[C@@H]1[C@@H](C(=O)OC)C1(C)C)/C(C)=C/c1csc(C)n1. The standard InChI is InChI=1S/C22H37NO3SSi/c1-9-28(10-2,11-3)26-19(15(4)12-17-14-27-16(5)23-17)13-18-20(21(24)25-8)22(18,6)7/h12,14,18-20H,9-11,13H2,1-8H3/b15-12+/t18-,19-,20+/m1/s1. The number of aryl methyl sites for hydroxylation is 1. The third-order valence-corrected chi connectivity index (χ3v) is 12.3. The number of methoxy groups -OCH3 is 1. The molecule has 0 aromatic carbocycles. The largest absolute Gasteiger partial charge is 0.469 e. The topological polar surface area (TPSA) is 48.4 Å². The molecule has 1 saturated carbocycles. The fourth-order valence-electron chi connectivity index (χ4n) is 4.41. The quantitative estimate of drug-likeness (QED) is 0.338. The average molecular weight is 424 g/mol. The second-order valence-corrected chi connectivity index (χ2v) is 14.5. The van der Waals surface area contributed by atoms with Crippen molar-refractivity contribution in [3.05, 3.63) is 21.7 Å². The van der Waals surface area contributed by atoms with Crippen molar-refractivity contribution < 1.29 is 14.0 Å². The lowest BCUT2D eigenvalue weighted by atomic mass is 10.0. The second-order valence-electron chi connectivity index (χ2n) is 8.69. The maximum atomic E-state index is 12.2. The van der Waals surface area contributed by atoms with Crippen LogP contribution in [0.4, 0.5) is 0 Å². The van der Waals surface area contributed by atoms with Crippen molar-refractivity contribution in [2.45, 2.75) is 79.1 Å². The van der Waals surface area contributed by atoms with E-state index in [1.165, 1.54) is 12.7 Å². The van der Waals surface area contributed by atoms with Gasteiger partial charge in [0.05, 0.1) is 29.8 Å². The van der Waals surface area contributed by atoms with Crippen molar-refractivity contribution >= 4 is 31.7 Å². The Morgan fingerprint density at radius 1 is 1.32 bits per heavy atom. The number of carbonyl (C=O) groups is 1. The Bertz CT molecular complexity index is 700. The number of aromatic nitrogens is 1. The summed E-state index contributed by atoms with van der Waals surface area (Å²) < 4.78 is 12.0. The highest BCUT2D eigenvalue weighted by molar-refractivity contribution is 7.09. The molecule has 158 valence electrons. The molecule has 4 nitrogen and oxygen atoms in total. The van der Waals surface area contributed by atoms with Crippen molar-refractivity contribution in [1.82, 2.24) is 4.98 Å². The van der Waals surface area contributed by atoms with Crippen LogP contribution in [0.5, 0.6) is 0 Å². The maximum Gasteiger partial charge on any atom is 0.309 e. The smallest absolute Gasteiger partial charge is 0.309 e. The molecule has 1 aromatic rings. The first-order valence-corrected chi connectivity index (χ1v) is 13.9. The molecule has 0 spiro atoms. The first-order valence-electron chi connectivity index (χ1n) is 10.5. The monoisotopic (exact) mass is 423 g/mol. The van der Waals surface area contributed by atoms with Gasteiger partial charge in [0.25, 0.3) is 0 Å². The number of rotatable bonds is 10. The summed E-state index contributed by atoms with van der Waals surface area (Å²) in [5.41, 5.74) is 2.19. The number of hydrogen-bond acceptors (Lipinski definition) is 5. The second kappa shape index (κ2) is 9.22. The van der Waals surface area contributed by atoms with Gasteiger partial charge in [-0.25, -0.2) is 4.98 Å². The van der Waals surface area contributed by atoms with Crippen molar-refractivity contribution in [3.63, 3.8) is 0 Å². The van der Waals surface area contributed by atoms with Gasteiger partial charge in [0.2, 0.25) is 0 Å². The van der Waals surface area contributed by atoms with Crippen LogP contribution in [0, 0.1) is 24.2 Å². The Labute approximate surface area is 175 Å². The number of ether oxygens (including phenoxy) is 1. The lowest BCUT2D eigenvalue weighted by molar-refractivity contribution is -0.143. The van der Waals surface area contributed by atoms with Crippen LogP contribution >= 0.6 is 11.3 Å². The molecule has 0 N–H and O–H groups in total. The van der Waals surface area contributed by atoms with Crippen LogP contribution in [0.2, 0.25) is 18.1 Å². The molecule has 1 heterocycles. The molecule has 0 aliphatic heterocycles. The van der Waals surface area contributed by atoms with Crippen molar-refractivity contribution in [2.24, 2.45) is 17.3 Å². The summed E-state index contributed by atoms with van der Waals surface area (Å²) in [5, 5.41) is 3.17. The highest BCUT2D eigenvalue weighted by atomic mass is 32.1. The van der Waals surface area contributed by atoms with Gasteiger partial charge in [0.15, 0.2) is 8.32 Å². The highest BCUT2D eigenvalue weighted by Gasteiger charge is 2.62. The van der Waals surface area contributed by atoms with E-state index in [4.69, 9.17) is 9.16 Å². The third kappa shape index (κ3) is 4.95. The molecule has 28 heavy (non-hydrogen) atoms. The Kier molecular flexibility index (Phi) is 7.67. The van der Waals surface area contributed by atoms with Crippen LogP contribution in [-0.4, -0.2) is 32.5 Å². The zero-order valence-electron chi connectivity index (χ0n) is 18.8. The molecule has 1 fully saturated rings. The zero-order chi connectivity index (χ0) is 21.1. The van der Waals surface area contributed by atoms with Crippen molar-refractivity contribution in [3.8, 4) is 0 Å². The van der Waals surface area contributed by atoms with E-state index in [2.05, 4.69) is 58.0 Å². The van der Waals surface area contributed by atoms with E-state index in [-0.39, 0.29) is 23.4 Å². The zero-order valence-corrected chi connectivity index (χ0v) is 20.6. The first kappa shape index (κ1) is 23.3. The van der Waals surface area contributed by atoms with Gasteiger partial charge >= 0.3 is 5.97 Å². The number of carbonyl (C=O) groups excluding carboxylic acids is 1. The lowest BCUT2D eigenvalue weighted by Gasteiger charge is -2.34. The van der Waals surface area contributed by atoms with Crippen LogP contribution in [0.15, 0.2) is 11.0 Å². The van der Waals surface area contributed by atoms with E-state index in [1.54, 1.807) is 11.3 Å². The number of esters is 1. The van der Waals surface area contributed by atoms with Gasteiger partial charge in [-0.15, -0.1) is 11.3 Å². The predicted octanol–water partition coefficient (Wildman–Crippen LogP) is 6.08. The minimum atomic E-state index is -1.77. The van der Waals surface area contributed by atoms with Crippen LogP contribution in [0.1, 0.15) is 58.7 Å². The summed E-state index contributed by atoms with van der Waals surface area (Å²) in [7, 11) is -0.286. The van der Waals surface area contributed by atoms with E-state index < -0.39 is 8.32 Å². The summed E-state index contributed by atoms with van der Waals surface area (Å²) in [5.74, 6) is 0.178. The third-order valence-electron chi connectivity index (χ3n) is 6.82. The van der Waals surface area contributed by atoms with Crippen LogP contribution in [0.25, 0.3) is 6.08 Å². The summed E-state index contributed by atoms with van der Waals surface area (Å²) in [6.07, 6.45) is 3.07. The summed E-state index contributed by atoms with van der Waals surface area (Å²) in [6.45, 7) is 15.3. The molecule has 2 rings (SSSR count). The van der Waals surface area contributed by atoms with Gasteiger partial charge in [-0.3, -0.25) is 4.79 Å². The molecule has 0 unspecified atom stereocenters. The fourth-order valence-corrected chi connectivity index (χ4v) is 7.87.